The van der Waals surface area contributed by atoms with Crippen molar-refractivity contribution >= 4 is 23.5 Å². The Kier molecular flexibility index (Phi) is 8.88. The van der Waals surface area contributed by atoms with Crippen molar-refractivity contribution in [3.8, 4) is 5.75 Å². The SMILES string of the molecule is O=C(O)COc1ccc(C2C(CCC(O)c3ccc(F)cc3)C(=O)N2c2ccc(F)cc2)cc1.O=C1CCN1. The number of nitrogens with zero attached hydrogens (tertiary/aromatic N) is 1. The molecule has 2 heterocycles. The highest BCUT2D eigenvalue weighted by molar-refractivity contribution is 6.03. The Labute approximate surface area is 223 Å². The van der Waals surface area contributed by atoms with Crippen LogP contribution in [0.5, 0.6) is 5.75 Å². The third-order valence-electron chi connectivity index (χ3n) is 6.58. The summed E-state index contributed by atoms with van der Waals surface area (Å²) in [4.78, 5) is 35.2. The van der Waals surface area contributed by atoms with Crippen LogP contribution in [0.1, 0.15) is 42.5 Å². The van der Waals surface area contributed by atoms with Gasteiger partial charge >= 0.3 is 5.97 Å². The van der Waals surface area contributed by atoms with Crippen LogP contribution in [0.15, 0.2) is 72.8 Å². The lowest BCUT2D eigenvalue weighted by molar-refractivity contribution is -0.139. The first kappa shape index (κ1) is 27.7. The van der Waals surface area contributed by atoms with Crippen molar-refractivity contribution in [3.05, 3.63) is 95.6 Å². The van der Waals surface area contributed by atoms with Crippen molar-refractivity contribution in [1.29, 1.82) is 0 Å². The van der Waals surface area contributed by atoms with E-state index in [1.165, 1.54) is 48.5 Å². The van der Waals surface area contributed by atoms with Gasteiger partial charge in [-0.25, -0.2) is 13.6 Å². The molecule has 10 heteroatoms. The van der Waals surface area contributed by atoms with Gasteiger partial charge in [0.25, 0.3) is 0 Å². The minimum Gasteiger partial charge on any atom is -0.482 e. The van der Waals surface area contributed by atoms with Crippen LogP contribution < -0.4 is 15.0 Å². The summed E-state index contributed by atoms with van der Waals surface area (Å²) in [6.45, 7) is 0.422. The first-order valence-electron chi connectivity index (χ1n) is 12.5. The van der Waals surface area contributed by atoms with E-state index in [2.05, 4.69) is 5.32 Å². The molecule has 204 valence electrons. The van der Waals surface area contributed by atoms with Crippen LogP contribution in [0.4, 0.5) is 14.5 Å². The molecule has 0 aromatic heterocycles. The maximum atomic E-state index is 13.4. The maximum Gasteiger partial charge on any atom is 0.341 e. The number of carbonyl (C=O) groups excluding carboxylic acids is 2. The Hall–Kier alpha value is -4.31. The van der Waals surface area contributed by atoms with Crippen molar-refractivity contribution in [3.63, 3.8) is 0 Å². The Morgan fingerprint density at radius 3 is 2.05 bits per heavy atom. The number of rotatable bonds is 9. The molecule has 2 amide bonds. The molecule has 39 heavy (non-hydrogen) atoms. The molecule has 0 radical (unpaired) electrons. The summed E-state index contributed by atoms with van der Waals surface area (Å²) in [5.74, 6) is -1.89. The van der Waals surface area contributed by atoms with Gasteiger partial charge in [-0.05, 0) is 72.5 Å². The molecule has 3 atom stereocenters. The highest BCUT2D eigenvalue weighted by Gasteiger charge is 2.48. The number of aliphatic hydroxyl groups excluding tert-OH is 1. The summed E-state index contributed by atoms with van der Waals surface area (Å²) in [6.07, 6.45) is 0.577. The molecular formula is C29H28F2N2O6. The average Bonchev–Trinajstić information content (AvgIpc) is 2.91. The number of halogens is 2. The third-order valence-corrected chi connectivity index (χ3v) is 6.58. The normalized spacial score (nSPS) is 18.6. The van der Waals surface area contributed by atoms with Crippen LogP contribution in [0.25, 0.3) is 0 Å². The Bertz CT molecular complexity index is 1290. The van der Waals surface area contributed by atoms with Crippen molar-refractivity contribution < 1.29 is 38.1 Å². The van der Waals surface area contributed by atoms with Crippen LogP contribution in [0.2, 0.25) is 0 Å². The molecular weight excluding hydrogens is 510 g/mol. The Morgan fingerprint density at radius 1 is 0.974 bits per heavy atom. The number of aliphatic carboxylic acids is 1. The van der Waals surface area contributed by atoms with E-state index >= 15 is 0 Å². The topological polar surface area (TPSA) is 116 Å². The molecule has 5 rings (SSSR count). The predicted molar refractivity (Wildman–Crippen MR) is 138 cm³/mol. The number of ether oxygens (including phenoxy) is 1. The third kappa shape index (κ3) is 6.97. The molecule has 2 aliphatic heterocycles. The van der Waals surface area contributed by atoms with Crippen molar-refractivity contribution in [1.82, 2.24) is 5.32 Å². The molecule has 3 unspecified atom stereocenters. The zero-order valence-corrected chi connectivity index (χ0v) is 20.9. The summed E-state index contributed by atoms with van der Waals surface area (Å²) in [5, 5.41) is 21.9. The quantitative estimate of drug-likeness (QED) is 0.353. The zero-order chi connectivity index (χ0) is 27.9. The number of carbonyl (C=O) groups is 3. The van der Waals surface area contributed by atoms with E-state index in [1.54, 1.807) is 29.2 Å². The molecule has 0 spiro atoms. The fraction of sp³-hybridized carbons (Fsp3) is 0.276. The van der Waals surface area contributed by atoms with Gasteiger partial charge in [-0.1, -0.05) is 24.3 Å². The van der Waals surface area contributed by atoms with E-state index in [-0.39, 0.29) is 17.9 Å². The van der Waals surface area contributed by atoms with E-state index in [4.69, 9.17) is 9.84 Å². The van der Waals surface area contributed by atoms with Gasteiger partial charge in [0.05, 0.1) is 18.1 Å². The van der Waals surface area contributed by atoms with Gasteiger partial charge in [-0.3, -0.25) is 9.59 Å². The van der Waals surface area contributed by atoms with Crippen molar-refractivity contribution in [2.24, 2.45) is 5.92 Å². The van der Waals surface area contributed by atoms with Gasteiger partial charge in [-0.2, -0.15) is 0 Å². The number of aliphatic hydroxyl groups is 1. The van der Waals surface area contributed by atoms with Gasteiger partial charge < -0.3 is 25.2 Å². The zero-order valence-electron chi connectivity index (χ0n) is 20.9. The minimum atomic E-state index is -1.09. The number of carboxylic acids is 1. The number of β-lactam (4-membered cyclic amide) rings is 2. The van der Waals surface area contributed by atoms with E-state index in [0.29, 0.717) is 29.8 Å². The summed E-state index contributed by atoms with van der Waals surface area (Å²) >= 11 is 0. The van der Waals surface area contributed by atoms with E-state index < -0.39 is 36.2 Å². The number of amides is 2. The highest BCUT2D eigenvalue weighted by atomic mass is 19.1. The van der Waals surface area contributed by atoms with E-state index in [0.717, 1.165) is 18.5 Å². The van der Waals surface area contributed by atoms with Crippen LogP contribution >= 0.6 is 0 Å². The van der Waals surface area contributed by atoms with Gasteiger partial charge in [0.2, 0.25) is 11.8 Å². The predicted octanol–water partition coefficient (Wildman–Crippen LogP) is 4.15. The molecule has 0 saturated carbocycles. The Morgan fingerprint density at radius 2 is 1.54 bits per heavy atom. The summed E-state index contributed by atoms with van der Waals surface area (Å²) < 4.78 is 31.8. The van der Waals surface area contributed by atoms with E-state index in [1.807, 2.05) is 0 Å². The first-order valence-corrected chi connectivity index (χ1v) is 12.5. The molecule has 0 aliphatic carbocycles. The van der Waals surface area contributed by atoms with Crippen molar-refractivity contribution in [2.75, 3.05) is 18.1 Å². The average molecular weight is 539 g/mol. The number of hydrogen-bond acceptors (Lipinski definition) is 5. The lowest BCUT2D eigenvalue weighted by Crippen LogP contribution is -2.55. The summed E-state index contributed by atoms with van der Waals surface area (Å²) in [5.41, 5.74) is 1.92. The fourth-order valence-electron chi connectivity index (χ4n) is 4.42. The molecule has 3 aromatic rings. The molecule has 3 N–H and O–H groups in total. The summed E-state index contributed by atoms with van der Waals surface area (Å²) in [7, 11) is 0. The standard InChI is InChI=1S/C26H23F2NO5.C3H5NO/c27-18-5-1-16(2-6-18)23(30)14-13-22-25(17-3-11-21(12-4-17)34-15-24(31)32)29(26(22)33)20-9-7-19(28)8-10-20;5-3-1-2-4-3/h1-12,22-23,25,30H,13-15H2,(H,31,32);1-2H2,(H,4,5). The van der Waals surface area contributed by atoms with Gasteiger partial charge in [0, 0.05) is 18.7 Å². The number of anilines is 1. The van der Waals surface area contributed by atoms with Crippen LogP contribution in [0.3, 0.4) is 0 Å². The van der Waals surface area contributed by atoms with Gasteiger partial charge in [-0.15, -0.1) is 0 Å². The number of hydrogen-bond donors (Lipinski definition) is 3. The lowest BCUT2D eigenvalue weighted by atomic mass is 9.78. The largest absolute Gasteiger partial charge is 0.482 e. The fourth-order valence-corrected chi connectivity index (χ4v) is 4.42. The monoisotopic (exact) mass is 538 g/mol. The van der Waals surface area contributed by atoms with Crippen molar-refractivity contribution in [2.45, 2.75) is 31.4 Å². The minimum absolute atomic E-state index is 0.144. The van der Waals surface area contributed by atoms with Gasteiger partial charge in [0.1, 0.15) is 17.4 Å². The number of carboxylic acid groups (broad SMARTS) is 1. The van der Waals surface area contributed by atoms with Crippen LogP contribution in [0, 0.1) is 17.6 Å². The molecule has 8 nitrogen and oxygen atoms in total. The Balaban J connectivity index is 0.000000634. The van der Waals surface area contributed by atoms with Crippen LogP contribution in [-0.4, -0.2) is 41.1 Å². The molecule has 0 bridgehead atoms. The van der Waals surface area contributed by atoms with Gasteiger partial charge in [0.15, 0.2) is 6.61 Å². The second kappa shape index (κ2) is 12.5. The number of nitrogens with one attached hydrogen (secondary N) is 1. The first-order chi connectivity index (χ1) is 18.7. The van der Waals surface area contributed by atoms with Crippen LogP contribution in [-0.2, 0) is 14.4 Å². The van der Waals surface area contributed by atoms with E-state index in [9.17, 15) is 28.3 Å². The molecule has 2 saturated heterocycles. The second-order valence-electron chi connectivity index (χ2n) is 9.23. The smallest absolute Gasteiger partial charge is 0.341 e. The second-order valence-corrected chi connectivity index (χ2v) is 9.23. The maximum absolute atomic E-state index is 13.4. The lowest BCUT2D eigenvalue weighted by Gasteiger charge is -2.48. The molecule has 2 fully saturated rings. The number of benzene rings is 3. The molecule has 3 aromatic carbocycles. The molecule has 2 aliphatic rings. The summed E-state index contributed by atoms with van der Waals surface area (Å²) in [6, 6.07) is 17.7. The highest BCUT2D eigenvalue weighted by Crippen LogP contribution is 2.46.